The fourth-order valence-corrected chi connectivity index (χ4v) is 2.97. The number of aromatic nitrogens is 1. The van der Waals surface area contributed by atoms with Gasteiger partial charge in [-0.1, -0.05) is 30.0 Å². The molecule has 0 saturated carbocycles. The van der Waals surface area contributed by atoms with Gasteiger partial charge in [0.2, 0.25) is 5.91 Å². The molecule has 4 nitrogen and oxygen atoms in total. The van der Waals surface area contributed by atoms with Crippen molar-refractivity contribution in [2.24, 2.45) is 4.99 Å². The molecular weight excluding hydrogens is 289 g/mol. The van der Waals surface area contributed by atoms with E-state index in [1.165, 1.54) is 23.9 Å². The zero-order valence-electron chi connectivity index (χ0n) is 11.0. The van der Waals surface area contributed by atoms with E-state index in [1.807, 2.05) is 6.07 Å². The zero-order chi connectivity index (χ0) is 14.7. The summed E-state index contributed by atoms with van der Waals surface area (Å²) in [6.07, 6.45) is 2.19. The Kier molecular flexibility index (Phi) is 3.96. The van der Waals surface area contributed by atoms with Crippen molar-refractivity contribution in [2.45, 2.75) is 11.7 Å². The van der Waals surface area contributed by atoms with E-state index in [-0.39, 0.29) is 17.0 Å². The number of rotatable bonds is 3. The third-order valence-electron chi connectivity index (χ3n) is 2.98. The molecule has 1 saturated heterocycles. The predicted molar refractivity (Wildman–Crippen MR) is 81.0 cm³/mol. The molecule has 0 aliphatic carbocycles. The molecule has 2 heterocycles. The van der Waals surface area contributed by atoms with Crippen LogP contribution in [0, 0.1) is 5.82 Å². The van der Waals surface area contributed by atoms with Crippen molar-refractivity contribution in [3.05, 3.63) is 60.0 Å². The summed E-state index contributed by atoms with van der Waals surface area (Å²) in [6.45, 7) is 0. The number of pyridine rings is 1. The summed E-state index contributed by atoms with van der Waals surface area (Å²) in [7, 11) is 0. The second-order valence-electron chi connectivity index (χ2n) is 4.53. The number of carbonyl (C=O) groups excluding carboxylic acids is 1. The highest BCUT2D eigenvalue weighted by Crippen LogP contribution is 2.25. The highest BCUT2D eigenvalue weighted by molar-refractivity contribution is 8.15. The van der Waals surface area contributed by atoms with E-state index >= 15 is 0 Å². The van der Waals surface area contributed by atoms with Gasteiger partial charge >= 0.3 is 0 Å². The van der Waals surface area contributed by atoms with Crippen LogP contribution < -0.4 is 5.32 Å². The topological polar surface area (TPSA) is 54.4 Å². The molecule has 106 valence electrons. The first-order valence-electron chi connectivity index (χ1n) is 6.42. The summed E-state index contributed by atoms with van der Waals surface area (Å²) in [5.74, 6) is 0.196. The van der Waals surface area contributed by atoms with E-state index in [9.17, 15) is 9.18 Å². The van der Waals surface area contributed by atoms with Crippen LogP contribution in [0.5, 0.6) is 0 Å². The number of aliphatic imine (C=N–C) groups is 1. The largest absolute Gasteiger partial charge is 0.304 e. The lowest BCUT2D eigenvalue weighted by molar-refractivity contribution is -0.118. The molecule has 1 aromatic heterocycles. The van der Waals surface area contributed by atoms with Crippen molar-refractivity contribution in [1.29, 1.82) is 0 Å². The van der Waals surface area contributed by atoms with Gasteiger partial charge in [0.25, 0.3) is 0 Å². The van der Waals surface area contributed by atoms with Gasteiger partial charge in [-0.2, -0.15) is 0 Å². The minimum absolute atomic E-state index is 0.0843. The Morgan fingerprint density at radius 2 is 2.05 bits per heavy atom. The molecule has 3 rings (SSSR count). The van der Waals surface area contributed by atoms with Gasteiger partial charge < -0.3 is 5.32 Å². The molecule has 1 aromatic carbocycles. The number of hydrogen-bond donors (Lipinski definition) is 1. The molecule has 1 fully saturated rings. The normalized spacial score (nSPS) is 19.8. The van der Waals surface area contributed by atoms with Crippen LogP contribution in [-0.4, -0.2) is 21.3 Å². The van der Waals surface area contributed by atoms with Crippen molar-refractivity contribution in [3.63, 3.8) is 0 Å². The maximum Gasteiger partial charge on any atom is 0.239 e. The molecule has 0 bridgehead atoms. The van der Waals surface area contributed by atoms with E-state index in [0.29, 0.717) is 17.4 Å². The molecule has 0 radical (unpaired) electrons. The first-order chi connectivity index (χ1) is 10.2. The Morgan fingerprint density at radius 3 is 2.76 bits per heavy atom. The number of hydrogen-bond acceptors (Lipinski definition) is 4. The van der Waals surface area contributed by atoms with Crippen LogP contribution in [0.1, 0.15) is 5.56 Å². The minimum atomic E-state index is -0.278. The van der Waals surface area contributed by atoms with E-state index in [0.717, 1.165) is 5.56 Å². The quantitative estimate of drug-likeness (QED) is 0.948. The molecule has 1 N–H and O–H groups in total. The van der Waals surface area contributed by atoms with Gasteiger partial charge in [0.15, 0.2) is 11.0 Å². The maximum absolute atomic E-state index is 12.9. The molecule has 21 heavy (non-hydrogen) atoms. The van der Waals surface area contributed by atoms with E-state index in [2.05, 4.69) is 15.3 Å². The monoisotopic (exact) mass is 301 g/mol. The van der Waals surface area contributed by atoms with Gasteiger partial charge in [-0.05, 0) is 36.2 Å². The van der Waals surface area contributed by atoms with E-state index in [1.54, 1.807) is 30.5 Å². The number of thioether (sulfide) groups is 1. The smallest absolute Gasteiger partial charge is 0.239 e. The Balaban J connectivity index is 1.70. The van der Waals surface area contributed by atoms with Crippen LogP contribution in [0.3, 0.4) is 0 Å². The number of nitrogens with one attached hydrogen (secondary N) is 1. The molecule has 0 spiro atoms. The molecule has 1 aliphatic heterocycles. The van der Waals surface area contributed by atoms with Crippen LogP contribution in [-0.2, 0) is 11.2 Å². The molecule has 1 amide bonds. The van der Waals surface area contributed by atoms with Gasteiger partial charge in [-0.3, -0.25) is 4.79 Å². The van der Waals surface area contributed by atoms with E-state index in [4.69, 9.17) is 0 Å². The fraction of sp³-hybridized carbons (Fsp3) is 0.133. The average molecular weight is 301 g/mol. The second kappa shape index (κ2) is 6.05. The van der Waals surface area contributed by atoms with Crippen molar-refractivity contribution >= 4 is 28.7 Å². The SMILES string of the molecule is O=C1N/C(=N\c2ccccn2)S[C@@H]1Cc1ccc(F)cc1. The number of amidine groups is 1. The molecule has 6 heteroatoms. The highest BCUT2D eigenvalue weighted by atomic mass is 32.2. The lowest BCUT2D eigenvalue weighted by atomic mass is 10.1. The summed E-state index contributed by atoms with van der Waals surface area (Å²) < 4.78 is 12.9. The van der Waals surface area contributed by atoms with Crippen molar-refractivity contribution in [1.82, 2.24) is 10.3 Å². The zero-order valence-corrected chi connectivity index (χ0v) is 11.8. The first-order valence-corrected chi connectivity index (χ1v) is 7.30. The van der Waals surface area contributed by atoms with Crippen molar-refractivity contribution in [3.8, 4) is 0 Å². The average Bonchev–Trinajstić information content (AvgIpc) is 2.82. The number of halogens is 1. The van der Waals surface area contributed by atoms with Crippen LogP contribution in [0.15, 0.2) is 53.7 Å². The Labute approximate surface area is 125 Å². The molecule has 1 atom stereocenters. The third-order valence-corrected chi connectivity index (χ3v) is 4.06. The third kappa shape index (κ3) is 3.46. The number of benzene rings is 1. The van der Waals surface area contributed by atoms with Crippen LogP contribution in [0.4, 0.5) is 10.2 Å². The number of carbonyl (C=O) groups is 1. The fourth-order valence-electron chi connectivity index (χ4n) is 1.95. The lowest BCUT2D eigenvalue weighted by Crippen LogP contribution is -2.25. The minimum Gasteiger partial charge on any atom is -0.304 e. The molecule has 0 unspecified atom stereocenters. The first kappa shape index (κ1) is 13.8. The summed E-state index contributed by atoms with van der Waals surface area (Å²) >= 11 is 1.37. The van der Waals surface area contributed by atoms with Crippen LogP contribution in [0.25, 0.3) is 0 Å². The molecule has 1 aliphatic rings. The van der Waals surface area contributed by atoms with E-state index < -0.39 is 0 Å². The summed E-state index contributed by atoms with van der Waals surface area (Å²) in [6, 6.07) is 11.6. The summed E-state index contributed by atoms with van der Waals surface area (Å²) in [5, 5.41) is 3.04. The predicted octanol–water partition coefficient (Wildman–Crippen LogP) is 2.68. The van der Waals surface area contributed by atoms with Gasteiger partial charge in [0, 0.05) is 6.20 Å². The molecule has 2 aromatic rings. The highest BCUT2D eigenvalue weighted by Gasteiger charge is 2.30. The van der Waals surface area contributed by atoms with Crippen molar-refractivity contribution in [2.75, 3.05) is 0 Å². The summed E-state index contributed by atoms with van der Waals surface area (Å²) in [5.41, 5.74) is 0.920. The Bertz CT molecular complexity index is 673. The van der Waals surface area contributed by atoms with Crippen molar-refractivity contribution < 1.29 is 9.18 Å². The van der Waals surface area contributed by atoms with Gasteiger partial charge in [-0.15, -0.1) is 0 Å². The maximum atomic E-state index is 12.9. The standard InChI is InChI=1S/C15H12FN3OS/c16-11-6-4-10(5-7-11)9-12-14(20)19-15(21-12)18-13-3-1-2-8-17-13/h1-8,12H,9H2,(H,17,18,19,20)/t12-/m1/s1. The summed E-state index contributed by atoms with van der Waals surface area (Å²) in [4.78, 5) is 20.3. The lowest BCUT2D eigenvalue weighted by Gasteiger charge is -2.04. The molecular formula is C15H12FN3OS. The van der Waals surface area contributed by atoms with Crippen LogP contribution >= 0.6 is 11.8 Å². The second-order valence-corrected chi connectivity index (χ2v) is 5.72. The van der Waals surface area contributed by atoms with Gasteiger partial charge in [-0.25, -0.2) is 14.4 Å². The van der Waals surface area contributed by atoms with Gasteiger partial charge in [0.05, 0.1) is 5.25 Å². The number of amides is 1. The number of nitrogens with zero attached hydrogens (tertiary/aromatic N) is 2. The Hall–Kier alpha value is -2.21. The van der Waals surface area contributed by atoms with Gasteiger partial charge in [0.1, 0.15) is 5.82 Å². The Morgan fingerprint density at radius 1 is 1.24 bits per heavy atom. The van der Waals surface area contributed by atoms with Crippen LogP contribution in [0.2, 0.25) is 0 Å².